The third kappa shape index (κ3) is 15.8. The standard InChI is InChI=1S/C31H60N12O11/c32-7-1-4-15(34)10-20(46)38-8-2-5-16(35)11-21(47)39-9-3-6-17(36)12-22(48)40-25-26(49)27(54-30(37)52)19(14-44)53-28(25)43-31-41-23(18(45)13-33)24(42-31)29(50)51/h15-19,23-28,44-45,49H,1-14,32-36H2,(H2,37,52)(H,38,46)(H,39,47)(H,40,48)(H,50,51)(H2,41,42,43)/t15-,16-,17-,18+,19+,23+,24-,25+,26-,27-,28+/m0/s1. The third-order valence-electron chi connectivity index (χ3n) is 8.84. The molecule has 0 aromatic heterocycles. The number of nitrogens with zero attached hydrogens (tertiary/aromatic N) is 1. The number of aliphatic hydroxyl groups excluding tert-OH is 3. The summed E-state index contributed by atoms with van der Waals surface area (Å²) in [6, 6.07) is -5.28. The number of rotatable bonds is 24. The van der Waals surface area contributed by atoms with E-state index in [-0.39, 0.29) is 56.2 Å². The first kappa shape index (κ1) is 46.2. The zero-order chi connectivity index (χ0) is 40.4. The van der Waals surface area contributed by atoms with Crippen molar-refractivity contribution in [3.05, 3.63) is 0 Å². The van der Waals surface area contributed by atoms with Crippen LogP contribution in [0.3, 0.4) is 0 Å². The molecule has 0 aromatic carbocycles. The maximum absolute atomic E-state index is 13.1. The van der Waals surface area contributed by atoms with Gasteiger partial charge in [-0.15, -0.1) is 0 Å². The number of nitrogens with two attached hydrogens (primary N) is 6. The molecule has 11 atom stereocenters. The van der Waals surface area contributed by atoms with E-state index in [2.05, 4.69) is 31.6 Å². The van der Waals surface area contributed by atoms with Gasteiger partial charge in [0.1, 0.15) is 24.3 Å². The number of carboxylic acids is 1. The van der Waals surface area contributed by atoms with E-state index in [1.807, 2.05) is 0 Å². The average molecular weight is 777 g/mol. The number of carboxylic acid groups (broad SMARTS) is 1. The number of ether oxygens (including phenoxy) is 2. The first-order chi connectivity index (χ1) is 25.6. The molecule has 310 valence electrons. The molecule has 0 aromatic rings. The number of primary amides is 1. The largest absolute Gasteiger partial charge is 0.480 e. The zero-order valence-corrected chi connectivity index (χ0v) is 30.3. The van der Waals surface area contributed by atoms with Gasteiger partial charge in [0, 0.05) is 57.0 Å². The molecule has 23 nitrogen and oxygen atoms in total. The molecule has 4 amide bonds. The van der Waals surface area contributed by atoms with Gasteiger partial charge in [-0.2, -0.15) is 0 Å². The van der Waals surface area contributed by atoms with E-state index >= 15 is 0 Å². The van der Waals surface area contributed by atoms with E-state index in [1.54, 1.807) is 0 Å². The predicted molar refractivity (Wildman–Crippen MR) is 193 cm³/mol. The summed E-state index contributed by atoms with van der Waals surface area (Å²) in [5, 5.41) is 54.2. The maximum atomic E-state index is 13.1. The van der Waals surface area contributed by atoms with Gasteiger partial charge in [-0.05, 0) is 45.1 Å². The summed E-state index contributed by atoms with van der Waals surface area (Å²) in [6.45, 7) is 0.162. The Kier molecular flexibility index (Phi) is 20.3. The highest BCUT2D eigenvalue weighted by atomic mass is 16.6. The van der Waals surface area contributed by atoms with Crippen LogP contribution in [0.1, 0.15) is 57.8 Å². The molecular weight excluding hydrogens is 716 g/mol. The lowest BCUT2D eigenvalue weighted by Gasteiger charge is -2.44. The van der Waals surface area contributed by atoms with Gasteiger partial charge < -0.3 is 90.9 Å². The van der Waals surface area contributed by atoms with Crippen LogP contribution >= 0.6 is 0 Å². The molecular formula is C31H60N12O11. The van der Waals surface area contributed by atoms with Gasteiger partial charge >= 0.3 is 12.1 Å². The summed E-state index contributed by atoms with van der Waals surface area (Å²) in [5.41, 5.74) is 34.2. The lowest BCUT2D eigenvalue weighted by Crippen LogP contribution is -2.69. The van der Waals surface area contributed by atoms with Crippen molar-refractivity contribution in [2.45, 2.75) is 125 Å². The molecule has 0 bridgehead atoms. The second kappa shape index (κ2) is 23.8. The number of guanidine groups is 1. The molecule has 0 saturated carbocycles. The second-order valence-electron chi connectivity index (χ2n) is 13.4. The fourth-order valence-electron chi connectivity index (χ4n) is 6.00. The van der Waals surface area contributed by atoms with Gasteiger partial charge in [0.2, 0.25) is 17.7 Å². The van der Waals surface area contributed by atoms with E-state index in [9.17, 15) is 44.4 Å². The average Bonchev–Trinajstić information content (AvgIpc) is 3.54. The first-order valence-corrected chi connectivity index (χ1v) is 18.0. The van der Waals surface area contributed by atoms with Gasteiger partial charge in [-0.25, -0.2) is 14.6 Å². The van der Waals surface area contributed by atoms with Gasteiger partial charge in [-0.1, -0.05) is 0 Å². The van der Waals surface area contributed by atoms with Crippen LogP contribution < -0.4 is 61.0 Å². The molecule has 1 fully saturated rings. The second-order valence-corrected chi connectivity index (χ2v) is 13.4. The number of aliphatic imine (C=N–C) groups is 1. The molecule has 2 aliphatic rings. The summed E-state index contributed by atoms with van der Waals surface area (Å²) in [5.74, 6) is -2.58. The Morgan fingerprint density at radius 3 is 1.91 bits per heavy atom. The van der Waals surface area contributed by atoms with E-state index in [1.165, 1.54) is 0 Å². The molecule has 2 rings (SSSR count). The monoisotopic (exact) mass is 776 g/mol. The number of aliphatic hydroxyl groups is 3. The fourth-order valence-corrected chi connectivity index (χ4v) is 6.00. The molecule has 2 heterocycles. The summed E-state index contributed by atoms with van der Waals surface area (Å²) in [6.07, 6.45) is -5.17. The number of nitrogens with one attached hydrogen (secondary N) is 5. The van der Waals surface area contributed by atoms with Crippen LogP contribution in [-0.4, -0.2) is 156 Å². The highest BCUT2D eigenvalue weighted by Crippen LogP contribution is 2.24. The molecule has 1 saturated heterocycles. The smallest absolute Gasteiger partial charge is 0.404 e. The van der Waals surface area contributed by atoms with Gasteiger partial charge in [0.25, 0.3) is 0 Å². The lowest BCUT2D eigenvalue weighted by molar-refractivity contribution is -0.198. The zero-order valence-electron chi connectivity index (χ0n) is 30.3. The fraction of sp³-hybridized carbons (Fsp3) is 0.806. The molecule has 0 spiro atoms. The number of carbonyl (C=O) groups excluding carboxylic acids is 4. The summed E-state index contributed by atoms with van der Waals surface area (Å²) in [7, 11) is 0. The highest BCUT2D eigenvalue weighted by molar-refractivity contribution is 5.90. The highest BCUT2D eigenvalue weighted by Gasteiger charge is 2.49. The van der Waals surface area contributed by atoms with Crippen LogP contribution in [0.15, 0.2) is 4.99 Å². The molecule has 0 radical (unpaired) electrons. The Balaban J connectivity index is 1.85. The van der Waals surface area contributed by atoms with E-state index in [0.717, 1.165) is 6.42 Å². The topological polar surface area (TPSA) is 413 Å². The normalized spacial score (nSPS) is 25.9. The van der Waals surface area contributed by atoms with Crippen molar-refractivity contribution in [2.75, 3.05) is 32.8 Å². The van der Waals surface area contributed by atoms with Crippen LogP contribution in [0.2, 0.25) is 0 Å². The van der Waals surface area contributed by atoms with Crippen LogP contribution in [0.25, 0.3) is 0 Å². The third-order valence-corrected chi connectivity index (χ3v) is 8.84. The van der Waals surface area contributed by atoms with E-state index < -0.39 is 85.4 Å². The Morgan fingerprint density at radius 1 is 0.889 bits per heavy atom. The Morgan fingerprint density at radius 2 is 1.43 bits per heavy atom. The van der Waals surface area contributed by atoms with Crippen LogP contribution in [0.5, 0.6) is 0 Å². The molecule has 54 heavy (non-hydrogen) atoms. The van der Waals surface area contributed by atoms with Gasteiger partial charge in [0.15, 0.2) is 24.3 Å². The number of hydrogen-bond acceptors (Lipinski definition) is 18. The molecule has 0 unspecified atom stereocenters. The van der Waals surface area contributed by atoms with Crippen LogP contribution in [-0.2, 0) is 28.7 Å². The van der Waals surface area contributed by atoms with E-state index in [0.29, 0.717) is 45.2 Å². The van der Waals surface area contributed by atoms with Gasteiger partial charge in [-0.3, -0.25) is 14.4 Å². The SMILES string of the molecule is NCCC[C@H](N)CC(=O)NCCC[C@H](N)CC(=O)NCCC[C@H](N)CC(=O)N[C@@H]1[C@H](O)[C@@H](OC(N)=O)[C@@H](CO)O[C@H]1NC1=N[C@H]([C@H](O)CN)[C@@H](C(=O)O)N1. The van der Waals surface area contributed by atoms with Crippen molar-refractivity contribution >= 4 is 35.7 Å². The quantitative estimate of drug-likeness (QED) is 0.0405. The van der Waals surface area contributed by atoms with Crippen LogP contribution in [0.4, 0.5) is 4.79 Å². The summed E-state index contributed by atoms with van der Waals surface area (Å²) >= 11 is 0. The lowest BCUT2D eigenvalue weighted by atomic mass is 9.95. The van der Waals surface area contributed by atoms with Gasteiger partial charge in [0.05, 0.1) is 12.7 Å². The summed E-state index contributed by atoms with van der Waals surface area (Å²) < 4.78 is 10.7. The Hall–Kier alpha value is -3.94. The molecule has 21 N–H and O–H groups in total. The first-order valence-electron chi connectivity index (χ1n) is 18.0. The van der Waals surface area contributed by atoms with Crippen molar-refractivity contribution in [2.24, 2.45) is 39.4 Å². The molecule has 2 aliphatic heterocycles. The van der Waals surface area contributed by atoms with Crippen molar-refractivity contribution in [3.8, 4) is 0 Å². The van der Waals surface area contributed by atoms with Crippen molar-refractivity contribution in [1.29, 1.82) is 0 Å². The minimum Gasteiger partial charge on any atom is -0.480 e. The number of amides is 4. The van der Waals surface area contributed by atoms with Crippen molar-refractivity contribution < 1.29 is 53.9 Å². The van der Waals surface area contributed by atoms with Crippen LogP contribution in [0, 0.1) is 0 Å². The molecule has 0 aliphatic carbocycles. The number of hydrogen-bond donors (Lipinski definition) is 15. The number of carbonyl (C=O) groups is 5. The maximum Gasteiger partial charge on any atom is 0.404 e. The molecule has 23 heteroatoms. The minimum atomic E-state index is -1.69. The Labute approximate surface area is 313 Å². The number of aliphatic carboxylic acids is 1. The predicted octanol–water partition coefficient (Wildman–Crippen LogP) is -6.61. The van der Waals surface area contributed by atoms with Crippen molar-refractivity contribution in [3.63, 3.8) is 0 Å². The van der Waals surface area contributed by atoms with E-state index in [4.69, 9.17) is 43.9 Å². The minimum absolute atomic E-state index is 0.0815. The van der Waals surface area contributed by atoms with Crippen molar-refractivity contribution in [1.82, 2.24) is 26.6 Å². The Bertz CT molecular complexity index is 1250. The summed E-state index contributed by atoms with van der Waals surface area (Å²) in [4.78, 5) is 64.8.